The monoisotopic (exact) mass is 252 g/mol. The van der Waals surface area contributed by atoms with Crippen LogP contribution in [0.15, 0.2) is 59.7 Å². The minimum atomic E-state index is -0.116. The molecule has 0 unspecified atom stereocenters. The molecule has 2 heterocycles. The van der Waals surface area contributed by atoms with E-state index >= 15 is 0 Å². The Hall–Kier alpha value is -2.62. The number of nitrogens with zero attached hydrogens (tertiary/aromatic N) is 2. The number of aryl methyl sites for hydroxylation is 1. The highest BCUT2D eigenvalue weighted by Crippen LogP contribution is 2.12. The van der Waals surface area contributed by atoms with Crippen molar-refractivity contribution in [2.75, 3.05) is 0 Å². The first-order valence-corrected chi connectivity index (χ1v) is 5.95. The average Bonchev–Trinajstić information content (AvgIpc) is 2.87. The fraction of sp³-hybridized carbons (Fsp3) is 0.0667. The lowest BCUT2D eigenvalue weighted by Gasteiger charge is -2.03. The lowest BCUT2D eigenvalue weighted by Crippen LogP contribution is -2.18. The van der Waals surface area contributed by atoms with Crippen molar-refractivity contribution in [3.63, 3.8) is 0 Å². The second-order valence-electron chi connectivity index (χ2n) is 4.38. The van der Waals surface area contributed by atoms with Crippen molar-refractivity contribution < 1.29 is 4.79 Å². The molecular formula is C15H12N2O2. The Morgan fingerprint density at radius 3 is 2.47 bits per heavy atom. The zero-order valence-electron chi connectivity index (χ0n) is 10.4. The van der Waals surface area contributed by atoms with Crippen LogP contribution in [0, 0.1) is 0 Å². The topological polar surface area (TPSA) is 43.5 Å². The first-order chi connectivity index (χ1) is 9.18. The van der Waals surface area contributed by atoms with E-state index in [1.807, 2.05) is 18.2 Å². The Balaban J connectivity index is 2.20. The Morgan fingerprint density at radius 2 is 1.74 bits per heavy atom. The second-order valence-corrected chi connectivity index (χ2v) is 4.38. The molecular weight excluding hydrogens is 240 g/mol. The van der Waals surface area contributed by atoms with Crippen LogP contribution >= 0.6 is 0 Å². The Kier molecular flexibility index (Phi) is 2.56. The molecule has 0 fully saturated rings. The third-order valence-electron chi connectivity index (χ3n) is 3.17. The van der Waals surface area contributed by atoms with Gasteiger partial charge in [0.15, 0.2) is 0 Å². The fourth-order valence-corrected chi connectivity index (χ4v) is 2.12. The van der Waals surface area contributed by atoms with Crippen molar-refractivity contribution in [3.05, 3.63) is 76.5 Å². The molecule has 1 aromatic carbocycles. The van der Waals surface area contributed by atoms with E-state index in [4.69, 9.17) is 0 Å². The molecule has 0 aliphatic rings. The quantitative estimate of drug-likeness (QED) is 0.653. The van der Waals surface area contributed by atoms with Crippen molar-refractivity contribution >= 4 is 11.3 Å². The standard InChI is InChI=1S/C15H12N2O2/c1-16-9-10-17-12(7-8-13(17)15(16)19)14(18)11-5-3-2-4-6-11/h2-10H,1H3. The van der Waals surface area contributed by atoms with Gasteiger partial charge in [-0.2, -0.15) is 0 Å². The molecule has 3 aromatic rings. The minimum Gasteiger partial charge on any atom is -0.315 e. The van der Waals surface area contributed by atoms with Crippen LogP contribution in [0.4, 0.5) is 0 Å². The Labute approximate surface area is 109 Å². The zero-order chi connectivity index (χ0) is 13.4. The van der Waals surface area contributed by atoms with Crippen LogP contribution in [-0.4, -0.2) is 14.8 Å². The van der Waals surface area contributed by atoms with Crippen molar-refractivity contribution in [2.24, 2.45) is 7.05 Å². The number of carbonyl (C=O) groups is 1. The summed E-state index contributed by atoms with van der Waals surface area (Å²) in [4.78, 5) is 24.3. The van der Waals surface area contributed by atoms with Crippen LogP contribution in [-0.2, 0) is 7.05 Å². The number of benzene rings is 1. The summed E-state index contributed by atoms with van der Waals surface area (Å²) < 4.78 is 3.13. The summed E-state index contributed by atoms with van der Waals surface area (Å²) in [5, 5.41) is 0. The summed E-state index contributed by atoms with van der Waals surface area (Å²) >= 11 is 0. The minimum absolute atomic E-state index is 0.0890. The molecule has 0 amide bonds. The van der Waals surface area contributed by atoms with E-state index < -0.39 is 0 Å². The van der Waals surface area contributed by atoms with Gasteiger partial charge in [0.1, 0.15) is 5.52 Å². The number of carbonyl (C=O) groups excluding carboxylic acids is 1. The molecule has 0 saturated heterocycles. The van der Waals surface area contributed by atoms with E-state index in [1.54, 1.807) is 48.1 Å². The van der Waals surface area contributed by atoms with Gasteiger partial charge >= 0.3 is 0 Å². The van der Waals surface area contributed by atoms with E-state index in [-0.39, 0.29) is 11.3 Å². The molecule has 0 radical (unpaired) electrons. The van der Waals surface area contributed by atoms with E-state index in [2.05, 4.69) is 0 Å². The summed E-state index contributed by atoms with van der Waals surface area (Å²) in [5.41, 5.74) is 1.50. The third-order valence-corrected chi connectivity index (χ3v) is 3.17. The zero-order valence-corrected chi connectivity index (χ0v) is 10.4. The Bertz CT molecular complexity index is 813. The molecule has 94 valence electrons. The average molecular weight is 252 g/mol. The Morgan fingerprint density at radius 1 is 1.00 bits per heavy atom. The number of aromatic nitrogens is 2. The van der Waals surface area contributed by atoms with Gasteiger partial charge in [-0.15, -0.1) is 0 Å². The first-order valence-electron chi connectivity index (χ1n) is 5.95. The van der Waals surface area contributed by atoms with Gasteiger partial charge in [0.25, 0.3) is 5.56 Å². The number of hydrogen-bond acceptors (Lipinski definition) is 2. The van der Waals surface area contributed by atoms with E-state index in [9.17, 15) is 9.59 Å². The largest absolute Gasteiger partial charge is 0.315 e. The van der Waals surface area contributed by atoms with E-state index in [1.165, 1.54) is 4.57 Å². The van der Waals surface area contributed by atoms with Crippen molar-refractivity contribution in [1.29, 1.82) is 0 Å². The summed E-state index contributed by atoms with van der Waals surface area (Å²) in [6.45, 7) is 0. The fourth-order valence-electron chi connectivity index (χ4n) is 2.12. The highest BCUT2D eigenvalue weighted by Gasteiger charge is 2.14. The third kappa shape index (κ3) is 1.78. The molecule has 4 nitrogen and oxygen atoms in total. The predicted octanol–water partition coefficient (Wildman–Crippen LogP) is 1.87. The molecule has 0 aliphatic heterocycles. The smallest absolute Gasteiger partial charge is 0.274 e. The summed E-state index contributed by atoms with van der Waals surface area (Å²) in [7, 11) is 1.69. The van der Waals surface area contributed by atoms with Gasteiger partial charge in [0, 0.05) is 25.0 Å². The molecule has 0 bridgehead atoms. The molecule has 2 aromatic heterocycles. The van der Waals surface area contributed by atoms with Crippen LogP contribution in [0.5, 0.6) is 0 Å². The molecule has 0 spiro atoms. The predicted molar refractivity (Wildman–Crippen MR) is 72.5 cm³/mol. The molecule has 0 N–H and O–H groups in total. The van der Waals surface area contributed by atoms with E-state index in [0.717, 1.165) is 0 Å². The van der Waals surface area contributed by atoms with Crippen LogP contribution in [0.1, 0.15) is 16.1 Å². The summed E-state index contributed by atoms with van der Waals surface area (Å²) in [6, 6.07) is 12.4. The van der Waals surface area contributed by atoms with Crippen LogP contribution in [0.25, 0.3) is 5.52 Å². The maximum atomic E-state index is 12.4. The SMILES string of the molecule is Cn1ccn2c(C(=O)c3ccccc3)ccc2c1=O. The summed E-state index contributed by atoms with van der Waals surface area (Å²) in [6.07, 6.45) is 3.38. The number of hydrogen-bond donors (Lipinski definition) is 0. The van der Waals surface area contributed by atoms with Crippen LogP contribution in [0.2, 0.25) is 0 Å². The molecule has 19 heavy (non-hydrogen) atoms. The van der Waals surface area contributed by atoms with Crippen LogP contribution < -0.4 is 5.56 Å². The number of rotatable bonds is 2. The van der Waals surface area contributed by atoms with Gasteiger partial charge in [-0.05, 0) is 12.1 Å². The van der Waals surface area contributed by atoms with Gasteiger partial charge in [0.05, 0.1) is 5.69 Å². The second kappa shape index (κ2) is 4.24. The van der Waals surface area contributed by atoms with Crippen molar-refractivity contribution in [3.8, 4) is 0 Å². The van der Waals surface area contributed by atoms with Gasteiger partial charge in [-0.3, -0.25) is 9.59 Å². The molecule has 0 aliphatic carbocycles. The van der Waals surface area contributed by atoms with Crippen LogP contribution in [0.3, 0.4) is 0 Å². The summed E-state index contributed by atoms with van der Waals surface area (Å²) in [5.74, 6) is -0.0890. The maximum absolute atomic E-state index is 12.4. The first kappa shape index (κ1) is 11.5. The van der Waals surface area contributed by atoms with Gasteiger partial charge in [-0.1, -0.05) is 30.3 Å². The van der Waals surface area contributed by atoms with Gasteiger partial charge in [0.2, 0.25) is 5.78 Å². The highest BCUT2D eigenvalue weighted by molar-refractivity contribution is 6.08. The van der Waals surface area contributed by atoms with Gasteiger partial charge < -0.3 is 8.97 Å². The van der Waals surface area contributed by atoms with E-state index in [0.29, 0.717) is 16.8 Å². The van der Waals surface area contributed by atoms with Gasteiger partial charge in [-0.25, -0.2) is 0 Å². The highest BCUT2D eigenvalue weighted by atomic mass is 16.1. The normalized spacial score (nSPS) is 10.8. The molecule has 0 atom stereocenters. The number of fused-ring (bicyclic) bond motifs is 1. The molecule has 0 saturated carbocycles. The maximum Gasteiger partial charge on any atom is 0.274 e. The lowest BCUT2D eigenvalue weighted by atomic mass is 10.1. The molecule has 4 heteroatoms. The molecule has 3 rings (SSSR count). The van der Waals surface area contributed by atoms with Crippen molar-refractivity contribution in [1.82, 2.24) is 8.97 Å². The van der Waals surface area contributed by atoms with Crippen molar-refractivity contribution in [2.45, 2.75) is 0 Å². The lowest BCUT2D eigenvalue weighted by molar-refractivity contribution is 0.103. The number of ketones is 1.